The van der Waals surface area contributed by atoms with Gasteiger partial charge in [-0.3, -0.25) is 14.5 Å². The van der Waals surface area contributed by atoms with Crippen LogP contribution in [0.25, 0.3) is 0 Å². The summed E-state index contributed by atoms with van der Waals surface area (Å²) < 4.78 is 11.0. The zero-order valence-electron chi connectivity index (χ0n) is 14.8. The molecule has 1 amide bonds. The largest absolute Gasteiger partial charge is 0.468 e. The van der Waals surface area contributed by atoms with Crippen molar-refractivity contribution < 1.29 is 19.1 Å². The van der Waals surface area contributed by atoms with Crippen LogP contribution in [0, 0.1) is 12.8 Å². The van der Waals surface area contributed by atoms with E-state index in [2.05, 4.69) is 0 Å². The summed E-state index contributed by atoms with van der Waals surface area (Å²) in [5, 5.41) is 0. The van der Waals surface area contributed by atoms with Crippen LogP contribution < -0.4 is 4.90 Å². The number of carbonyl (C=O) groups is 2. The van der Waals surface area contributed by atoms with E-state index in [-0.39, 0.29) is 18.1 Å². The van der Waals surface area contributed by atoms with Gasteiger partial charge in [-0.2, -0.15) is 0 Å². The first-order valence-electron chi connectivity index (χ1n) is 8.77. The highest BCUT2D eigenvalue weighted by atomic mass is 16.5. The molecule has 2 aromatic carbocycles. The standard InChI is InChI=1S/C21H21NO4/c1-13-6-5-8-14(10-13)16-11-18-22(20(23)19(16)21(24)25-2)17-9-4-3-7-15(17)12-26-18/h3-10,16,18-19H,11-12H2,1-2H3/t16-,18+,19-/m1/s1. The van der Waals surface area contributed by atoms with Gasteiger partial charge in [0, 0.05) is 17.9 Å². The van der Waals surface area contributed by atoms with E-state index in [4.69, 9.17) is 9.47 Å². The van der Waals surface area contributed by atoms with E-state index in [9.17, 15) is 9.59 Å². The second-order valence-corrected chi connectivity index (χ2v) is 6.86. The minimum atomic E-state index is -0.868. The summed E-state index contributed by atoms with van der Waals surface area (Å²) in [6.07, 6.45) is 0.187. The monoisotopic (exact) mass is 351 g/mol. The summed E-state index contributed by atoms with van der Waals surface area (Å²) in [5.74, 6) is -1.89. The third kappa shape index (κ3) is 2.69. The van der Waals surface area contributed by atoms with Crippen LogP contribution in [0.4, 0.5) is 5.69 Å². The molecule has 5 nitrogen and oxygen atoms in total. The molecule has 5 heteroatoms. The summed E-state index contributed by atoms with van der Waals surface area (Å²) in [7, 11) is 1.33. The number of benzene rings is 2. The van der Waals surface area contributed by atoms with Crippen molar-refractivity contribution in [3.63, 3.8) is 0 Å². The molecule has 0 N–H and O–H groups in total. The summed E-state index contributed by atoms with van der Waals surface area (Å²) in [6.45, 7) is 2.47. The number of aryl methyl sites for hydroxylation is 1. The van der Waals surface area contributed by atoms with Gasteiger partial charge < -0.3 is 9.47 Å². The van der Waals surface area contributed by atoms with Crippen molar-refractivity contribution in [3.05, 3.63) is 65.2 Å². The maximum Gasteiger partial charge on any atom is 0.318 e. The second-order valence-electron chi connectivity index (χ2n) is 6.86. The van der Waals surface area contributed by atoms with Gasteiger partial charge in [-0.1, -0.05) is 48.0 Å². The van der Waals surface area contributed by atoms with Gasteiger partial charge in [0.05, 0.1) is 19.4 Å². The number of anilines is 1. The molecule has 4 rings (SSSR count). The van der Waals surface area contributed by atoms with E-state index in [0.29, 0.717) is 13.0 Å². The lowest BCUT2D eigenvalue weighted by Crippen LogP contribution is -2.56. The van der Waals surface area contributed by atoms with Gasteiger partial charge in [-0.15, -0.1) is 0 Å². The molecule has 0 spiro atoms. The fraction of sp³-hybridized carbons (Fsp3) is 0.333. The van der Waals surface area contributed by atoms with Crippen LogP contribution in [-0.2, 0) is 25.7 Å². The molecule has 3 atom stereocenters. The normalized spacial score (nSPS) is 24.6. The highest BCUT2D eigenvalue weighted by Gasteiger charge is 2.49. The first kappa shape index (κ1) is 16.8. The number of piperidine rings is 1. The molecule has 0 radical (unpaired) electrons. The molecular formula is C21H21NO4. The molecule has 2 aliphatic rings. The Labute approximate surface area is 152 Å². The third-order valence-corrected chi connectivity index (χ3v) is 5.26. The molecule has 1 fully saturated rings. The summed E-state index contributed by atoms with van der Waals surface area (Å²) in [4.78, 5) is 27.5. The minimum absolute atomic E-state index is 0.258. The number of rotatable bonds is 2. The summed E-state index contributed by atoms with van der Waals surface area (Å²) in [6, 6.07) is 15.6. The molecule has 2 aliphatic heterocycles. The average Bonchev–Trinajstić information content (AvgIpc) is 2.66. The Morgan fingerprint density at radius 2 is 2.00 bits per heavy atom. The van der Waals surface area contributed by atoms with Crippen molar-refractivity contribution in [3.8, 4) is 0 Å². The number of esters is 1. The van der Waals surface area contributed by atoms with Crippen LogP contribution in [0.2, 0.25) is 0 Å². The zero-order valence-corrected chi connectivity index (χ0v) is 14.8. The maximum absolute atomic E-state index is 13.3. The average molecular weight is 351 g/mol. The van der Waals surface area contributed by atoms with E-state index in [0.717, 1.165) is 22.4 Å². The van der Waals surface area contributed by atoms with Gasteiger partial charge in [-0.05, 0) is 18.6 Å². The molecule has 1 saturated heterocycles. The molecule has 134 valence electrons. The SMILES string of the molecule is COC(=O)[C@H]1C(=O)N2c3ccccc3CO[C@H]2C[C@@H]1c1cccc(C)c1. The number of para-hydroxylation sites is 1. The summed E-state index contributed by atoms with van der Waals surface area (Å²) in [5.41, 5.74) is 3.84. The van der Waals surface area contributed by atoms with Crippen molar-refractivity contribution >= 4 is 17.6 Å². The molecule has 0 bridgehead atoms. The maximum atomic E-state index is 13.3. The third-order valence-electron chi connectivity index (χ3n) is 5.26. The number of methoxy groups -OCH3 is 1. The fourth-order valence-corrected chi connectivity index (χ4v) is 4.01. The lowest BCUT2D eigenvalue weighted by atomic mass is 9.78. The van der Waals surface area contributed by atoms with E-state index >= 15 is 0 Å². The van der Waals surface area contributed by atoms with Crippen LogP contribution in [0.5, 0.6) is 0 Å². The van der Waals surface area contributed by atoms with Gasteiger partial charge in [-0.25, -0.2) is 0 Å². The Kier molecular flexibility index (Phi) is 4.24. The van der Waals surface area contributed by atoms with Crippen LogP contribution in [0.15, 0.2) is 48.5 Å². The lowest BCUT2D eigenvalue weighted by Gasteiger charge is -2.45. The number of carbonyl (C=O) groups excluding carboxylic acids is 2. The summed E-state index contributed by atoms with van der Waals surface area (Å²) >= 11 is 0. The van der Waals surface area contributed by atoms with Crippen LogP contribution >= 0.6 is 0 Å². The Bertz CT molecular complexity index is 863. The van der Waals surface area contributed by atoms with Gasteiger partial charge in [0.1, 0.15) is 12.1 Å². The molecule has 26 heavy (non-hydrogen) atoms. The topological polar surface area (TPSA) is 55.8 Å². The second kappa shape index (κ2) is 6.57. The van der Waals surface area contributed by atoms with E-state index < -0.39 is 11.9 Å². The first-order valence-corrected chi connectivity index (χ1v) is 8.77. The predicted octanol–water partition coefficient (Wildman–Crippen LogP) is 3.16. The fourth-order valence-electron chi connectivity index (χ4n) is 4.01. The molecular weight excluding hydrogens is 330 g/mol. The van der Waals surface area contributed by atoms with Gasteiger partial charge >= 0.3 is 5.97 Å². The van der Waals surface area contributed by atoms with Crippen molar-refractivity contribution in [2.75, 3.05) is 12.0 Å². The van der Waals surface area contributed by atoms with Crippen molar-refractivity contribution in [1.82, 2.24) is 0 Å². The number of fused-ring (bicyclic) bond motifs is 3. The number of hydrogen-bond donors (Lipinski definition) is 0. The van der Waals surface area contributed by atoms with E-state index in [1.807, 2.05) is 55.5 Å². The highest BCUT2D eigenvalue weighted by molar-refractivity contribution is 6.08. The molecule has 0 unspecified atom stereocenters. The predicted molar refractivity (Wildman–Crippen MR) is 96.5 cm³/mol. The number of amides is 1. The van der Waals surface area contributed by atoms with E-state index in [1.54, 1.807) is 4.90 Å². The Morgan fingerprint density at radius 3 is 2.77 bits per heavy atom. The Hall–Kier alpha value is -2.66. The highest BCUT2D eigenvalue weighted by Crippen LogP contribution is 2.43. The number of nitrogens with zero attached hydrogens (tertiary/aromatic N) is 1. The lowest BCUT2D eigenvalue weighted by molar-refractivity contribution is -0.154. The Balaban J connectivity index is 1.78. The van der Waals surface area contributed by atoms with E-state index in [1.165, 1.54) is 7.11 Å². The molecule has 0 aliphatic carbocycles. The van der Waals surface area contributed by atoms with Gasteiger partial charge in [0.2, 0.25) is 5.91 Å². The smallest absolute Gasteiger partial charge is 0.318 e. The quantitative estimate of drug-likeness (QED) is 0.616. The molecule has 0 aromatic heterocycles. The van der Waals surface area contributed by atoms with Crippen LogP contribution in [0.1, 0.15) is 29.0 Å². The first-order chi connectivity index (χ1) is 12.6. The number of ether oxygens (including phenoxy) is 2. The van der Waals surface area contributed by atoms with Gasteiger partial charge in [0.25, 0.3) is 0 Å². The molecule has 2 heterocycles. The van der Waals surface area contributed by atoms with Crippen LogP contribution in [-0.4, -0.2) is 25.2 Å². The Morgan fingerprint density at radius 1 is 1.19 bits per heavy atom. The van der Waals surface area contributed by atoms with Crippen LogP contribution in [0.3, 0.4) is 0 Å². The van der Waals surface area contributed by atoms with Crippen molar-refractivity contribution in [2.24, 2.45) is 5.92 Å². The van der Waals surface area contributed by atoms with Crippen molar-refractivity contribution in [2.45, 2.75) is 32.1 Å². The van der Waals surface area contributed by atoms with Gasteiger partial charge in [0.15, 0.2) is 0 Å². The van der Waals surface area contributed by atoms with Crippen molar-refractivity contribution in [1.29, 1.82) is 0 Å². The molecule has 2 aromatic rings. The minimum Gasteiger partial charge on any atom is -0.468 e. The zero-order chi connectivity index (χ0) is 18.3. The molecule has 0 saturated carbocycles. The number of hydrogen-bond acceptors (Lipinski definition) is 4.